The highest BCUT2D eigenvalue weighted by molar-refractivity contribution is 5.79. The molecule has 1 fully saturated rings. The smallest absolute Gasteiger partial charge is 0.0544 e. The number of hydrogen-bond donors (Lipinski definition) is 1. The summed E-state index contributed by atoms with van der Waals surface area (Å²) >= 11 is 0. The van der Waals surface area contributed by atoms with Crippen molar-refractivity contribution in [2.75, 3.05) is 11.9 Å². The SMILES string of the molecule is Cc1ccc(C=N[C@@H]2CCCC[C@@H]2CNc2ccccc2)cc1. The van der Waals surface area contributed by atoms with Crippen molar-refractivity contribution in [1.82, 2.24) is 0 Å². The second kappa shape index (κ2) is 7.96. The molecule has 0 spiro atoms. The molecule has 1 aliphatic rings. The number of anilines is 1. The third-order valence-electron chi connectivity index (χ3n) is 4.70. The van der Waals surface area contributed by atoms with Gasteiger partial charge in [0.15, 0.2) is 0 Å². The molecule has 0 saturated heterocycles. The molecule has 2 aromatic carbocycles. The molecule has 1 N–H and O–H groups in total. The van der Waals surface area contributed by atoms with Gasteiger partial charge < -0.3 is 5.32 Å². The van der Waals surface area contributed by atoms with E-state index in [0.29, 0.717) is 12.0 Å². The molecule has 3 rings (SSSR count). The summed E-state index contributed by atoms with van der Waals surface area (Å²) < 4.78 is 0. The third-order valence-corrected chi connectivity index (χ3v) is 4.70. The second-order valence-electron chi connectivity index (χ2n) is 6.55. The molecule has 23 heavy (non-hydrogen) atoms. The standard InChI is InChI=1S/C21H26N2/c1-17-11-13-18(14-12-17)15-23-21-10-6-5-7-19(21)16-22-20-8-3-2-4-9-20/h2-4,8-9,11-15,19,21-22H,5-7,10,16H2,1H3/t19-,21-/m1/s1. The number of rotatable bonds is 5. The van der Waals surface area contributed by atoms with Gasteiger partial charge in [-0.25, -0.2) is 0 Å². The fraction of sp³-hybridized carbons (Fsp3) is 0.381. The average Bonchev–Trinajstić information content (AvgIpc) is 2.61. The number of aryl methyl sites for hydroxylation is 1. The van der Waals surface area contributed by atoms with Crippen LogP contribution < -0.4 is 5.32 Å². The zero-order valence-corrected chi connectivity index (χ0v) is 13.9. The number of hydrogen-bond acceptors (Lipinski definition) is 2. The summed E-state index contributed by atoms with van der Waals surface area (Å²) in [5, 5.41) is 3.58. The molecular formula is C21H26N2. The van der Waals surface area contributed by atoms with Crippen molar-refractivity contribution in [1.29, 1.82) is 0 Å². The van der Waals surface area contributed by atoms with Crippen molar-refractivity contribution in [3.63, 3.8) is 0 Å². The highest BCUT2D eigenvalue weighted by Crippen LogP contribution is 2.27. The number of para-hydroxylation sites is 1. The minimum atomic E-state index is 0.446. The first-order valence-electron chi connectivity index (χ1n) is 8.70. The average molecular weight is 306 g/mol. The number of benzene rings is 2. The van der Waals surface area contributed by atoms with Crippen molar-refractivity contribution in [3.05, 3.63) is 65.7 Å². The Labute approximate surface area is 139 Å². The van der Waals surface area contributed by atoms with Gasteiger partial charge in [0.25, 0.3) is 0 Å². The number of nitrogens with zero attached hydrogens (tertiary/aromatic N) is 1. The molecule has 0 radical (unpaired) electrons. The maximum absolute atomic E-state index is 4.91. The van der Waals surface area contributed by atoms with Crippen LogP contribution in [-0.2, 0) is 0 Å². The van der Waals surface area contributed by atoms with E-state index < -0.39 is 0 Å². The van der Waals surface area contributed by atoms with Gasteiger partial charge in [-0.1, -0.05) is 60.9 Å². The monoisotopic (exact) mass is 306 g/mol. The van der Waals surface area contributed by atoms with Gasteiger partial charge in [-0.2, -0.15) is 0 Å². The lowest BCUT2D eigenvalue weighted by molar-refractivity contribution is 0.324. The lowest BCUT2D eigenvalue weighted by Crippen LogP contribution is -2.29. The Morgan fingerprint density at radius 1 is 1.00 bits per heavy atom. The molecule has 120 valence electrons. The molecule has 2 aromatic rings. The molecule has 0 amide bonds. The van der Waals surface area contributed by atoms with Crippen LogP contribution in [0.2, 0.25) is 0 Å². The van der Waals surface area contributed by atoms with Crippen LogP contribution in [-0.4, -0.2) is 18.8 Å². The summed E-state index contributed by atoms with van der Waals surface area (Å²) in [6.07, 6.45) is 7.18. The Balaban J connectivity index is 1.60. The van der Waals surface area contributed by atoms with Gasteiger partial charge in [0.1, 0.15) is 0 Å². The number of aliphatic imine (C=N–C) groups is 1. The molecular weight excluding hydrogens is 280 g/mol. The molecule has 2 atom stereocenters. The predicted molar refractivity (Wildman–Crippen MR) is 99.5 cm³/mol. The van der Waals surface area contributed by atoms with Gasteiger partial charge in [0, 0.05) is 18.4 Å². The Morgan fingerprint density at radius 2 is 1.74 bits per heavy atom. The zero-order chi connectivity index (χ0) is 15.9. The Hall–Kier alpha value is -2.09. The minimum absolute atomic E-state index is 0.446. The molecule has 0 aliphatic heterocycles. The van der Waals surface area contributed by atoms with E-state index in [1.807, 2.05) is 0 Å². The van der Waals surface area contributed by atoms with E-state index in [9.17, 15) is 0 Å². The molecule has 1 aliphatic carbocycles. The van der Waals surface area contributed by atoms with E-state index in [-0.39, 0.29) is 0 Å². The maximum Gasteiger partial charge on any atom is 0.0544 e. The Kier molecular flexibility index (Phi) is 5.46. The molecule has 1 saturated carbocycles. The topological polar surface area (TPSA) is 24.4 Å². The molecule has 0 unspecified atom stereocenters. The predicted octanol–water partition coefficient (Wildman–Crippen LogP) is 5.08. The van der Waals surface area contributed by atoms with Crippen LogP contribution in [0.3, 0.4) is 0 Å². The van der Waals surface area contributed by atoms with Gasteiger partial charge >= 0.3 is 0 Å². The summed E-state index contributed by atoms with van der Waals surface area (Å²) in [5.41, 5.74) is 3.71. The summed E-state index contributed by atoms with van der Waals surface area (Å²) in [6.45, 7) is 3.13. The van der Waals surface area contributed by atoms with Gasteiger partial charge in [-0.15, -0.1) is 0 Å². The molecule has 0 aromatic heterocycles. The van der Waals surface area contributed by atoms with Crippen molar-refractivity contribution >= 4 is 11.9 Å². The van der Waals surface area contributed by atoms with Gasteiger partial charge in [-0.05, 0) is 43.4 Å². The van der Waals surface area contributed by atoms with Crippen molar-refractivity contribution in [2.45, 2.75) is 38.6 Å². The van der Waals surface area contributed by atoms with E-state index in [1.54, 1.807) is 0 Å². The van der Waals surface area contributed by atoms with E-state index in [4.69, 9.17) is 4.99 Å². The van der Waals surface area contributed by atoms with Crippen LogP contribution in [0.15, 0.2) is 59.6 Å². The Morgan fingerprint density at radius 3 is 2.52 bits per heavy atom. The molecule has 0 heterocycles. The van der Waals surface area contributed by atoms with Crippen molar-refractivity contribution in [2.24, 2.45) is 10.9 Å². The molecule has 0 bridgehead atoms. The highest BCUT2D eigenvalue weighted by Gasteiger charge is 2.23. The van der Waals surface area contributed by atoms with E-state index in [2.05, 4.69) is 73.1 Å². The second-order valence-corrected chi connectivity index (χ2v) is 6.55. The van der Waals surface area contributed by atoms with Crippen LogP contribution in [0.5, 0.6) is 0 Å². The summed E-state index contributed by atoms with van der Waals surface area (Å²) in [5.74, 6) is 0.630. The summed E-state index contributed by atoms with van der Waals surface area (Å²) in [6, 6.07) is 19.5. The highest BCUT2D eigenvalue weighted by atomic mass is 14.9. The fourth-order valence-corrected chi connectivity index (χ4v) is 3.26. The van der Waals surface area contributed by atoms with E-state index in [0.717, 1.165) is 6.54 Å². The first-order chi connectivity index (χ1) is 11.3. The summed E-state index contributed by atoms with van der Waals surface area (Å²) in [4.78, 5) is 4.91. The fourth-order valence-electron chi connectivity index (χ4n) is 3.26. The Bertz CT molecular complexity index is 616. The van der Waals surface area contributed by atoms with Crippen LogP contribution in [0, 0.1) is 12.8 Å². The lowest BCUT2D eigenvalue weighted by atomic mass is 9.84. The van der Waals surface area contributed by atoms with Crippen LogP contribution >= 0.6 is 0 Å². The minimum Gasteiger partial charge on any atom is -0.385 e. The van der Waals surface area contributed by atoms with Crippen LogP contribution in [0.25, 0.3) is 0 Å². The molecule has 2 heteroatoms. The van der Waals surface area contributed by atoms with Gasteiger partial charge in [-0.3, -0.25) is 4.99 Å². The van der Waals surface area contributed by atoms with Gasteiger partial charge in [0.2, 0.25) is 0 Å². The zero-order valence-electron chi connectivity index (χ0n) is 13.9. The first kappa shape index (κ1) is 15.8. The van der Waals surface area contributed by atoms with Crippen LogP contribution in [0.1, 0.15) is 36.8 Å². The third kappa shape index (κ3) is 4.69. The largest absolute Gasteiger partial charge is 0.385 e. The van der Waals surface area contributed by atoms with Crippen molar-refractivity contribution < 1.29 is 0 Å². The van der Waals surface area contributed by atoms with E-state index in [1.165, 1.54) is 42.5 Å². The van der Waals surface area contributed by atoms with E-state index >= 15 is 0 Å². The summed E-state index contributed by atoms with van der Waals surface area (Å²) in [7, 11) is 0. The quantitative estimate of drug-likeness (QED) is 0.765. The molecule has 2 nitrogen and oxygen atoms in total. The maximum atomic E-state index is 4.91. The van der Waals surface area contributed by atoms with Crippen molar-refractivity contribution in [3.8, 4) is 0 Å². The lowest BCUT2D eigenvalue weighted by Gasteiger charge is -2.29. The van der Waals surface area contributed by atoms with Crippen LogP contribution in [0.4, 0.5) is 5.69 Å². The van der Waals surface area contributed by atoms with Gasteiger partial charge in [0.05, 0.1) is 6.04 Å². The number of nitrogens with one attached hydrogen (secondary N) is 1. The first-order valence-corrected chi connectivity index (χ1v) is 8.70. The normalized spacial score (nSPS) is 21.4.